The third-order valence-corrected chi connectivity index (χ3v) is 1.99. The Morgan fingerprint density at radius 2 is 1.85 bits per heavy atom. The number of aryl methyl sites for hydroxylation is 2. The maximum atomic E-state index is 4.30. The van der Waals surface area contributed by atoms with Crippen molar-refractivity contribution in [1.82, 2.24) is 9.97 Å². The molecule has 0 bridgehead atoms. The van der Waals surface area contributed by atoms with Crippen LogP contribution in [0.5, 0.6) is 0 Å². The van der Waals surface area contributed by atoms with E-state index in [2.05, 4.69) is 21.9 Å². The molecular formula is C10H15N3. The molecule has 0 amide bonds. The number of anilines is 1. The molecule has 13 heavy (non-hydrogen) atoms. The Bertz CT molecular complexity index is 295. The highest BCUT2D eigenvalue weighted by atomic mass is 15.1. The van der Waals surface area contributed by atoms with Crippen LogP contribution < -0.4 is 5.32 Å². The third kappa shape index (κ3) is 2.05. The molecule has 0 radical (unpaired) electrons. The van der Waals surface area contributed by atoms with Gasteiger partial charge in [0, 0.05) is 18.4 Å². The lowest BCUT2D eigenvalue weighted by Gasteiger charge is -2.08. The van der Waals surface area contributed by atoms with E-state index in [0.717, 1.165) is 17.8 Å². The fourth-order valence-corrected chi connectivity index (χ4v) is 1.29. The van der Waals surface area contributed by atoms with Gasteiger partial charge in [-0.05, 0) is 25.8 Å². The smallest absolute Gasteiger partial charge is 0.222 e. The second-order valence-electron chi connectivity index (χ2n) is 2.94. The number of allylic oxidation sites excluding steroid dienone is 1. The van der Waals surface area contributed by atoms with Gasteiger partial charge in [-0.15, -0.1) is 6.58 Å². The van der Waals surface area contributed by atoms with Gasteiger partial charge in [0.15, 0.2) is 0 Å². The minimum Gasteiger partial charge on any atom is -0.357 e. The Hall–Kier alpha value is -1.38. The van der Waals surface area contributed by atoms with Gasteiger partial charge in [-0.1, -0.05) is 6.08 Å². The Morgan fingerprint density at radius 1 is 1.31 bits per heavy atom. The van der Waals surface area contributed by atoms with Gasteiger partial charge in [-0.3, -0.25) is 0 Å². The monoisotopic (exact) mass is 177 g/mol. The molecule has 0 fully saturated rings. The summed E-state index contributed by atoms with van der Waals surface area (Å²) in [5, 5.41) is 2.93. The van der Waals surface area contributed by atoms with Crippen molar-refractivity contribution in [2.24, 2.45) is 0 Å². The van der Waals surface area contributed by atoms with Crippen molar-refractivity contribution in [2.45, 2.75) is 20.3 Å². The Morgan fingerprint density at radius 3 is 2.23 bits per heavy atom. The van der Waals surface area contributed by atoms with Gasteiger partial charge >= 0.3 is 0 Å². The Labute approximate surface area is 78.9 Å². The zero-order valence-corrected chi connectivity index (χ0v) is 8.39. The lowest BCUT2D eigenvalue weighted by Crippen LogP contribution is -2.04. The Balaban J connectivity index is 3.14. The van der Waals surface area contributed by atoms with Crippen LogP contribution in [0, 0.1) is 13.8 Å². The summed E-state index contributed by atoms with van der Waals surface area (Å²) in [5.74, 6) is 0.683. The van der Waals surface area contributed by atoms with Gasteiger partial charge < -0.3 is 5.32 Å². The van der Waals surface area contributed by atoms with E-state index < -0.39 is 0 Å². The van der Waals surface area contributed by atoms with Crippen molar-refractivity contribution >= 4 is 5.95 Å². The van der Waals surface area contributed by atoms with Gasteiger partial charge in [0.25, 0.3) is 0 Å². The minimum atomic E-state index is 0.683. The second-order valence-corrected chi connectivity index (χ2v) is 2.94. The van der Waals surface area contributed by atoms with Crippen molar-refractivity contribution in [1.29, 1.82) is 0 Å². The fraction of sp³-hybridized carbons (Fsp3) is 0.400. The molecule has 0 aliphatic heterocycles. The van der Waals surface area contributed by atoms with Gasteiger partial charge in [-0.2, -0.15) is 0 Å². The third-order valence-electron chi connectivity index (χ3n) is 1.99. The molecule has 1 aromatic rings. The summed E-state index contributed by atoms with van der Waals surface area (Å²) in [6.07, 6.45) is 2.71. The van der Waals surface area contributed by atoms with E-state index >= 15 is 0 Å². The molecular weight excluding hydrogens is 162 g/mol. The highest BCUT2D eigenvalue weighted by Crippen LogP contribution is 2.12. The number of hydrogen-bond acceptors (Lipinski definition) is 3. The van der Waals surface area contributed by atoms with Crippen LogP contribution in [0.15, 0.2) is 12.7 Å². The quantitative estimate of drug-likeness (QED) is 0.716. The molecule has 1 heterocycles. The zero-order chi connectivity index (χ0) is 9.84. The average Bonchev–Trinajstić information content (AvgIpc) is 2.11. The summed E-state index contributed by atoms with van der Waals surface area (Å²) in [7, 11) is 1.82. The molecule has 0 aliphatic rings. The summed E-state index contributed by atoms with van der Waals surface area (Å²) < 4.78 is 0. The Kier molecular flexibility index (Phi) is 3.01. The molecule has 1 aromatic heterocycles. The van der Waals surface area contributed by atoms with E-state index in [4.69, 9.17) is 0 Å². The van der Waals surface area contributed by atoms with Crippen molar-refractivity contribution in [2.75, 3.05) is 12.4 Å². The minimum absolute atomic E-state index is 0.683. The van der Waals surface area contributed by atoms with Crippen LogP contribution in [0.4, 0.5) is 5.95 Å². The summed E-state index contributed by atoms with van der Waals surface area (Å²) in [4.78, 5) is 8.60. The summed E-state index contributed by atoms with van der Waals surface area (Å²) in [6.45, 7) is 7.70. The van der Waals surface area contributed by atoms with Crippen LogP contribution in [0.2, 0.25) is 0 Å². The van der Waals surface area contributed by atoms with E-state index in [-0.39, 0.29) is 0 Å². The summed E-state index contributed by atoms with van der Waals surface area (Å²) >= 11 is 0. The van der Waals surface area contributed by atoms with Crippen molar-refractivity contribution in [3.8, 4) is 0 Å². The molecule has 3 heteroatoms. The van der Waals surface area contributed by atoms with E-state index in [1.807, 2.05) is 27.0 Å². The number of nitrogens with zero attached hydrogens (tertiary/aromatic N) is 2. The largest absolute Gasteiger partial charge is 0.357 e. The molecule has 70 valence electrons. The topological polar surface area (TPSA) is 37.8 Å². The first-order valence-electron chi connectivity index (χ1n) is 4.31. The van der Waals surface area contributed by atoms with Crippen molar-refractivity contribution in [3.63, 3.8) is 0 Å². The average molecular weight is 177 g/mol. The van der Waals surface area contributed by atoms with Crippen LogP contribution in [0.1, 0.15) is 17.0 Å². The van der Waals surface area contributed by atoms with Crippen LogP contribution in [0.3, 0.4) is 0 Å². The lowest BCUT2D eigenvalue weighted by molar-refractivity contribution is 0.986. The maximum absolute atomic E-state index is 4.30. The van der Waals surface area contributed by atoms with Crippen LogP contribution in [-0.2, 0) is 6.42 Å². The molecule has 0 unspecified atom stereocenters. The molecule has 0 spiro atoms. The zero-order valence-electron chi connectivity index (χ0n) is 8.39. The van der Waals surface area contributed by atoms with Gasteiger partial charge in [0.2, 0.25) is 5.95 Å². The van der Waals surface area contributed by atoms with E-state index in [1.165, 1.54) is 5.56 Å². The normalized spacial score (nSPS) is 9.77. The van der Waals surface area contributed by atoms with Crippen molar-refractivity contribution < 1.29 is 0 Å². The first-order chi connectivity index (χ1) is 6.19. The molecule has 0 atom stereocenters. The molecule has 1 rings (SSSR count). The van der Waals surface area contributed by atoms with E-state index in [1.54, 1.807) is 0 Å². The second kappa shape index (κ2) is 4.03. The number of rotatable bonds is 3. The summed E-state index contributed by atoms with van der Waals surface area (Å²) in [6, 6.07) is 0. The van der Waals surface area contributed by atoms with E-state index in [9.17, 15) is 0 Å². The molecule has 0 saturated carbocycles. The highest BCUT2D eigenvalue weighted by molar-refractivity contribution is 5.34. The maximum Gasteiger partial charge on any atom is 0.222 e. The first kappa shape index (κ1) is 9.71. The number of nitrogens with one attached hydrogen (secondary N) is 1. The van der Waals surface area contributed by atoms with Crippen LogP contribution in [0.25, 0.3) is 0 Å². The number of hydrogen-bond donors (Lipinski definition) is 1. The van der Waals surface area contributed by atoms with Crippen molar-refractivity contribution in [3.05, 3.63) is 29.6 Å². The predicted octanol–water partition coefficient (Wildman–Crippen LogP) is 1.86. The van der Waals surface area contributed by atoms with Gasteiger partial charge in [0.05, 0.1) is 0 Å². The molecule has 0 saturated heterocycles. The first-order valence-corrected chi connectivity index (χ1v) is 4.31. The SMILES string of the molecule is C=CCc1c(C)nc(NC)nc1C. The molecule has 0 aliphatic carbocycles. The number of aromatic nitrogens is 2. The molecule has 1 N–H and O–H groups in total. The highest BCUT2D eigenvalue weighted by Gasteiger charge is 2.05. The van der Waals surface area contributed by atoms with Crippen LogP contribution in [-0.4, -0.2) is 17.0 Å². The van der Waals surface area contributed by atoms with Crippen LogP contribution >= 0.6 is 0 Å². The molecule has 3 nitrogen and oxygen atoms in total. The fourth-order valence-electron chi connectivity index (χ4n) is 1.29. The lowest BCUT2D eigenvalue weighted by atomic mass is 10.1. The van der Waals surface area contributed by atoms with Gasteiger partial charge in [-0.25, -0.2) is 9.97 Å². The van der Waals surface area contributed by atoms with Gasteiger partial charge in [0.1, 0.15) is 0 Å². The van der Waals surface area contributed by atoms with E-state index in [0.29, 0.717) is 5.95 Å². The molecule has 0 aromatic carbocycles. The standard InChI is InChI=1S/C10H15N3/c1-5-6-9-7(2)12-10(11-4)13-8(9)3/h5H,1,6H2,2-4H3,(H,11,12,13). The predicted molar refractivity (Wildman–Crippen MR) is 55.0 cm³/mol. The summed E-state index contributed by atoms with van der Waals surface area (Å²) in [5.41, 5.74) is 3.22.